The maximum atomic E-state index is 6.18. The lowest BCUT2D eigenvalue weighted by molar-refractivity contribution is 0.469. The van der Waals surface area contributed by atoms with Crippen LogP contribution in [0.25, 0.3) is 0 Å². The highest BCUT2D eigenvalue weighted by atomic mass is 79.9. The van der Waals surface area contributed by atoms with Crippen LogP contribution in [0.2, 0.25) is 5.02 Å². The fraction of sp³-hybridized carbons (Fsp3) is 0.500. The summed E-state index contributed by atoms with van der Waals surface area (Å²) < 4.78 is 1.02. The van der Waals surface area contributed by atoms with E-state index in [2.05, 4.69) is 48.1 Å². The summed E-state index contributed by atoms with van der Waals surface area (Å²) >= 11 is 9.59. The number of nitrogens with one attached hydrogen (secondary N) is 1. The Morgan fingerprint density at radius 3 is 2.60 bits per heavy atom. The van der Waals surface area contributed by atoms with Crippen LogP contribution in [0.1, 0.15) is 38.8 Å². The van der Waals surface area contributed by atoms with Crippen molar-refractivity contribution in [1.29, 1.82) is 0 Å². The second kappa shape index (κ2) is 5.88. The third-order valence-electron chi connectivity index (χ3n) is 2.58. The van der Waals surface area contributed by atoms with Crippen molar-refractivity contribution in [3.05, 3.63) is 33.3 Å². The van der Waals surface area contributed by atoms with Gasteiger partial charge in [-0.15, -0.1) is 0 Å². The van der Waals surface area contributed by atoms with Crippen molar-refractivity contribution in [3.63, 3.8) is 0 Å². The molecule has 0 amide bonds. The Bertz CT molecular complexity index is 327. The third kappa shape index (κ3) is 3.78. The van der Waals surface area contributed by atoms with Gasteiger partial charge in [0, 0.05) is 21.6 Å². The Balaban J connectivity index is 2.77. The molecular weight excluding hydrogens is 273 g/mol. The summed E-state index contributed by atoms with van der Waals surface area (Å²) in [4.78, 5) is 0. The van der Waals surface area contributed by atoms with E-state index in [9.17, 15) is 0 Å². The van der Waals surface area contributed by atoms with Gasteiger partial charge in [-0.05, 0) is 38.0 Å². The van der Waals surface area contributed by atoms with E-state index in [1.807, 2.05) is 12.1 Å². The standard InChI is InChI=1S/C12H17BrClN/c1-4-8(2)15-9(3)11-6-5-10(13)7-12(11)14/h5-9,15H,4H2,1-3H3. The van der Waals surface area contributed by atoms with Gasteiger partial charge in [0.25, 0.3) is 0 Å². The van der Waals surface area contributed by atoms with Gasteiger partial charge in [0.2, 0.25) is 0 Å². The Morgan fingerprint density at radius 2 is 2.07 bits per heavy atom. The van der Waals surface area contributed by atoms with E-state index < -0.39 is 0 Å². The second-order valence-corrected chi connectivity index (χ2v) is 5.19. The fourth-order valence-electron chi connectivity index (χ4n) is 1.49. The molecule has 1 aromatic rings. The molecule has 1 rings (SSSR count). The van der Waals surface area contributed by atoms with Crippen molar-refractivity contribution in [2.24, 2.45) is 0 Å². The number of benzene rings is 1. The average Bonchev–Trinajstić information content (AvgIpc) is 2.17. The van der Waals surface area contributed by atoms with Crippen molar-refractivity contribution < 1.29 is 0 Å². The maximum Gasteiger partial charge on any atom is 0.0464 e. The predicted octanol–water partition coefficient (Wildman–Crippen LogP) is 4.55. The summed E-state index contributed by atoms with van der Waals surface area (Å²) in [7, 11) is 0. The minimum Gasteiger partial charge on any atom is -0.308 e. The van der Waals surface area contributed by atoms with E-state index in [-0.39, 0.29) is 0 Å². The summed E-state index contributed by atoms with van der Waals surface area (Å²) in [5.41, 5.74) is 1.15. The fourth-order valence-corrected chi connectivity index (χ4v) is 2.32. The molecular formula is C12H17BrClN. The lowest BCUT2D eigenvalue weighted by Gasteiger charge is -2.20. The van der Waals surface area contributed by atoms with Gasteiger partial charge >= 0.3 is 0 Å². The quantitative estimate of drug-likeness (QED) is 0.857. The van der Waals surface area contributed by atoms with Crippen LogP contribution in [0, 0.1) is 0 Å². The van der Waals surface area contributed by atoms with E-state index in [0.29, 0.717) is 12.1 Å². The summed E-state index contributed by atoms with van der Waals surface area (Å²) in [5.74, 6) is 0. The van der Waals surface area contributed by atoms with Gasteiger partial charge in [-0.25, -0.2) is 0 Å². The Kier molecular flexibility index (Phi) is 5.10. The first-order valence-corrected chi connectivity index (χ1v) is 6.42. The normalized spacial score (nSPS) is 15.0. The van der Waals surface area contributed by atoms with E-state index in [0.717, 1.165) is 21.5 Å². The monoisotopic (exact) mass is 289 g/mol. The molecule has 0 aromatic heterocycles. The van der Waals surface area contributed by atoms with Crippen LogP contribution in [0.4, 0.5) is 0 Å². The lowest BCUT2D eigenvalue weighted by Crippen LogP contribution is -2.28. The smallest absolute Gasteiger partial charge is 0.0464 e. The van der Waals surface area contributed by atoms with Crippen molar-refractivity contribution in [2.75, 3.05) is 0 Å². The molecule has 0 heterocycles. The van der Waals surface area contributed by atoms with Gasteiger partial charge in [-0.2, -0.15) is 0 Å². The highest BCUT2D eigenvalue weighted by Crippen LogP contribution is 2.26. The molecule has 1 nitrogen and oxygen atoms in total. The summed E-state index contributed by atoms with van der Waals surface area (Å²) in [5, 5.41) is 4.32. The molecule has 0 saturated heterocycles. The van der Waals surface area contributed by atoms with Crippen molar-refractivity contribution in [2.45, 2.75) is 39.3 Å². The molecule has 0 spiro atoms. The maximum absolute atomic E-state index is 6.18. The summed E-state index contributed by atoms with van der Waals surface area (Å²) in [6.07, 6.45) is 1.12. The van der Waals surface area contributed by atoms with Crippen molar-refractivity contribution >= 4 is 27.5 Å². The molecule has 0 aliphatic heterocycles. The van der Waals surface area contributed by atoms with Crippen LogP contribution in [-0.2, 0) is 0 Å². The SMILES string of the molecule is CCC(C)NC(C)c1ccc(Br)cc1Cl. The molecule has 1 N–H and O–H groups in total. The van der Waals surface area contributed by atoms with Crippen LogP contribution in [0.15, 0.2) is 22.7 Å². The van der Waals surface area contributed by atoms with Crippen LogP contribution in [0.5, 0.6) is 0 Å². The molecule has 0 aliphatic rings. The molecule has 0 bridgehead atoms. The largest absolute Gasteiger partial charge is 0.308 e. The van der Waals surface area contributed by atoms with E-state index in [4.69, 9.17) is 11.6 Å². The molecule has 0 saturated carbocycles. The number of halogens is 2. The van der Waals surface area contributed by atoms with Crippen LogP contribution >= 0.6 is 27.5 Å². The van der Waals surface area contributed by atoms with Crippen molar-refractivity contribution in [3.8, 4) is 0 Å². The predicted molar refractivity (Wildman–Crippen MR) is 70.5 cm³/mol. The molecule has 84 valence electrons. The summed E-state index contributed by atoms with van der Waals surface area (Å²) in [6.45, 7) is 6.50. The molecule has 2 atom stereocenters. The average molecular weight is 291 g/mol. The molecule has 0 aliphatic carbocycles. The van der Waals surface area contributed by atoms with Gasteiger partial charge in [0.15, 0.2) is 0 Å². The minimum atomic E-state index is 0.292. The molecule has 0 fully saturated rings. The Hall–Kier alpha value is -0.0500. The number of hydrogen-bond acceptors (Lipinski definition) is 1. The first kappa shape index (κ1) is 13.0. The zero-order valence-electron chi connectivity index (χ0n) is 9.35. The molecule has 0 radical (unpaired) electrons. The van der Waals surface area contributed by atoms with Crippen LogP contribution < -0.4 is 5.32 Å². The van der Waals surface area contributed by atoms with Gasteiger partial charge in [0.05, 0.1) is 0 Å². The Morgan fingerprint density at radius 1 is 1.40 bits per heavy atom. The second-order valence-electron chi connectivity index (χ2n) is 3.86. The van der Waals surface area contributed by atoms with Gasteiger partial charge in [-0.1, -0.05) is 40.5 Å². The third-order valence-corrected chi connectivity index (χ3v) is 3.40. The number of rotatable bonds is 4. The first-order chi connectivity index (χ1) is 7.04. The van der Waals surface area contributed by atoms with E-state index >= 15 is 0 Å². The highest BCUT2D eigenvalue weighted by Gasteiger charge is 2.11. The highest BCUT2D eigenvalue weighted by molar-refractivity contribution is 9.10. The topological polar surface area (TPSA) is 12.0 Å². The summed E-state index contributed by atoms with van der Waals surface area (Å²) in [6, 6.07) is 6.83. The molecule has 2 unspecified atom stereocenters. The van der Waals surface area contributed by atoms with Crippen LogP contribution in [0.3, 0.4) is 0 Å². The molecule has 15 heavy (non-hydrogen) atoms. The van der Waals surface area contributed by atoms with E-state index in [1.54, 1.807) is 0 Å². The van der Waals surface area contributed by atoms with Gasteiger partial charge < -0.3 is 5.32 Å². The first-order valence-electron chi connectivity index (χ1n) is 5.25. The van der Waals surface area contributed by atoms with Gasteiger partial charge in [0.1, 0.15) is 0 Å². The lowest BCUT2D eigenvalue weighted by atomic mass is 10.1. The molecule has 3 heteroatoms. The van der Waals surface area contributed by atoms with E-state index in [1.165, 1.54) is 0 Å². The molecule has 1 aromatic carbocycles. The zero-order chi connectivity index (χ0) is 11.4. The number of hydrogen-bond donors (Lipinski definition) is 1. The Labute approximate surface area is 105 Å². The van der Waals surface area contributed by atoms with Gasteiger partial charge in [-0.3, -0.25) is 0 Å². The zero-order valence-corrected chi connectivity index (χ0v) is 11.7. The minimum absolute atomic E-state index is 0.292. The van der Waals surface area contributed by atoms with Crippen molar-refractivity contribution in [1.82, 2.24) is 5.32 Å². The van der Waals surface area contributed by atoms with Crippen LogP contribution in [-0.4, -0.2) is 6.04 Å².